The number of aliphatic hydroxyl groups is 2. The number of unbranched alkanes of at least 4 members (excludes halogenated alkanes) is 14. The molecule has 0 fully saturated rings. The van der Waals surface area contributed by atoms with Gasteiger partial charge < -0.3 is 19.7 Å². The summed E-state index contributed by atoms with van der Waals surface area (Å²) in [5.74, 6) is 0. The zero-order valence-electron chi connectivity index (χ0n) is 29.9. The van der Waals surface area contributed by atoms with Crippen LogP contribution in [0.2, 0.25) is 0 Å². The largest absolute Gasteiger partial charge is 0.396 e. The molecule has 44 heavy (non-hydrogen) atoms. The van der Waals surface area contributed by atoms with Gasteiger partial charge in [-0.1, -0.05) is 105 Å². The zero-order chi connectivity index (χ0) is 32.1. The van der Waals surface area contributed by atoms with Crippen molar-refractivity contribution in [3.05, 3.63) is 33.4 Å². The Morgan fingerprint density at radius 3 is 0.932 bits per heavy atom. The van der Waals surface area contributed by atoms with Crippen molar-refractivity contribution in [1.29, 1.82) is 0 Å². The summed E-state index contributed by atoms with van der Waals surface area (Å²) in [7, 11) is 0. The van der Waals surface area contributed by atoms with Crippen LogP contribution in [-0.4, -0.2) is 36.6 Å². The monoisotopic (exact) mass is 619 g/mol. The van der Waals surface area contributed by atoms with Gasteiger partial charge in [0.1, 0.15) is 0 Å². The Hall–Kier alpha value is -0.940. The van der Waals surface area contributed by atoms with E-state index in [1.54, 1.807) is 22.3 Å². The first kappa shape index (κ1) is 41.1. The highest BCUT2D eigenvalue weighted by molar-refractivity contribution is 5.52. The molecule has 0 radical (unpaired) electrons. The predicted octanol–water partition coefficient (Wildman–Crippen LogP) is 10.8. The molecular formula is C40H74O4. The molecular weight excluding hydrogens is 544 g/mol. The average molecular weight is 619 g/mol. The van der Waals surface area contributed by atoms with Crippen LogP contribution in [0.4, 0.5) is 0 Å². The molecule has 2 N–H and O–H groups in total. The maximum atomic E-state index is 9.33. The highest BCUT2D eigenvalue weighted by atomic mass is 16.5. The van der Waals surface area contributed by atoms with Gasteiger partial charge in [0, 0.05) is 26.4 Å². The van der Waals surface area contributed by atoms with Crippen molar-refractivity contribution >= 4 is 0 Å². The fraction of sp³-hybridized carbons (Fsp3) is 0.850. The van der Waals surface area contributed by atoms with E-state index in [-0.39, 0.29) is 13.2 Å². The van der Waals surface area contributed by atoms with E-state index in [2.05, 4.69) is 27.7 Å². The maximum Gasteiger partial charge on any atom is 0.0722 e. The average Bonchev–Trinajstić information content (AvgIpc) is 3.03. The Kier molecular flexibility index (Phi) is 27.5. The van der Waals surface area contributed by atoms with Crippen LogP contribution in [0.15, 0.2) is 0 Å². The van der Waals surface area contributed by atoms with E-state index in [9.17, 15) is 10.2 Å². The van der Waals surface area contributed by atoms with Crippen molar-refractivity contribution in [2.24, 2.45) is 0 Å². The summed E-state index contributed by atoms with van der Waals surface area (Å²) in [6, 6.07) is 0. The van der Waals surface area contributed by atoms with Gasteiger partial charge in [-0.05, 0) is 110 Å². The van der Waals surface area contributed by atoms with Gasteiger partial charge in [-0.2, -0.15) is 0 Å². The molecule has 0 saturated heterocycles. The lowest BCUT2D eigenvalue weighted by Crippen LogP contribution is -2.17. The van der Waals surface area contributed by atoms with E-state index in [4.69, 9.17) is 9.47 Å². The Morgan fingerprint density at radius 2 is 0.636 bits per heavy atom. The molecule has 0 saturated carbocycles. The summed E-state index contributed by atoms with van der Waals surface area (Å²) in [4.78, 5) is 0. The standard InChI is InChI=1S/C40H74O4/c1-5-9-13-17-25-35-36(26-18-14-10-6-2)39(33-43-31-23-21-29-41)38(28-20-16-12-8-4)40(34-44-32-24-22-30-42)37(35)27-19-15-11-7-3/h41-42H,5-34H2,1-4H3. The van der Waals surface area contributed by atoms with Crippen LogP contribution in [0.1, 0.15) is 189 Å². The second-order valence-electron chi connectivity index (χ2n) is 13.1. The van der Waals surface area contributed by atoms with Crippen LogP contribution in [-0.2, 0) is 48.4 Å². The van der Waals surface area contributed by atoms with Crippen LogP contribution in [0.5, 0.6) is 0 Å². The van der Waals surface area contributed by atoms with Gasteiger partial charge in [0.2, 0.25) is 0 Å². The Morgan fingerprint density at radius 1 is 0.341 bits per heavy atom. The van der Waals surface area contributed by atoms with Crippen LogP contribution < -0.4 is 0 Å². The second-order valence-corrected chi connectivity index (χ2v) is 13.1. The normalized spacial score (nSPS) is 11.6. The number of ether oxygens (including phenoxy) is 2. The first-order valence-electron chi connectivity index (χ1n) is 19.2. The molecule has 0 atom stereocenters. The summed E-state index contributed by atoms with van der Waals surface area (Å²) in [5.41, 5.74) is 9.41. The third-order valence-corrected chi connectivity index (χ3v) is 9.19. The van der Waals surface area contributed by atoms with Crippen LogP contribution in [0.25, 0.3) is 0 Å². The molecule has 4 nitrogen and oxygen atoms in total. The topological polar surface area (TPSA) is 58.9 Å². The minimum Gasteiger partial charge on any atom is -0.396 e. The van der Waals surface area contributed by atoms with Crippen molar-refractivity contribution in [3.63, 3.8) is 0 Å². The van der Waals surface area contributed by atoms with Crippen molar-refractivity contribution in [3.8, 4) is 0 Å². The summed E-state index contributed by atoms with van der Waals surface area (Å²) in [5, 5.41) is 18.7. The number of aliphatic hydroxyl groups excluding tert-OH is 2. The van der Waals surface area contributed by atoms with Crippen LogP contribution in [0.3, 0.4) is 0 Å². The van der Waals surface area contributed by atoms with Gasteiger partial charge in [0.15, 0.2) is 0 Å². The highest BCUT2D eigenvalue weighted by Crippen LogP contribution is 2.35. The van der Waals surface area contributed by atoms with Crippen LogP contribution >= 0.6 is 0 Å². The molecule has 1 rings (SSSR count). The third kappa shape index (κ3) is 17.7. The van der Waals surface area contributed by atoms with Crippen LogP contribution in [0, 0.1) is 0 Å². The summed E-state index contributed by atoms with van der Waals surface area (Å²) < 4.78 is 12.9. The molecule has 0 aliphatic carbocycles. The lowest BCUT2D eigenvalue weighted by molar-refractivity contribution is 0.107. The molecule has 0 aromatic heterocycles. The number of rotatable bonds is 32. The summed E-state index contributed by atoms with van der Waals surface area (Å²) >= 11 is 0. The molecule has 0 aliphatic rings. The lowest BCUT2D eigenvalue weighted by atomic mass is 9.79. The number of hydrogen-bond donors (Lipinski definition) is 2. The Balaban J connectivity index is 3.73. The molecule has 4 heteroatoms. The molecule has 1 aromatic carbocycles. The Labute approximate surface area is 274 Å². The summed E-state index contributed by atoms with van der Waals surface area (Å²) in [6.07, 6.45) is 28.5. The fourth-order valence-electron chi connectivity index (χ4n) is 6.54. The number of benzene rings is 1. The van der Waals surface area contributed by atoms with Gasteiger partial charge in [0.25, 0.3) is 0 Å². The zero-order valence-corrected chi connectivity index (χ0v) is 29.9. The van der Waals surface area contributed by atoms with E-state index in [1.807, 2.05) is 0 Å². The van der Waals surface area contributed by atoms with E-state index < -0.39 is 0 Å². The van der Waals surface area contributed by atoms with Crippen molar-refractivity contribution < 1.29 is 19.7 Å². The molecule has 0 amide bonds. The molecule has 0 spiro atoms. The minimum atomic E-state index is 0.237. The van der Waals surface area contributed by atoms with Gasteiger partial charge in [0.05, 0.1) is 13.2 Å². The van der Waals surface area contributed by atoms with E-state index in [0.717, 1.165) is 32.1 Å². The quantitative estimate of drug-likeness (QED) is 0.0789. The van der Waals surface area contributed by atoms with Gasteiger partial charge in [-0.15, -0.1) is 0 Å². The molecule has 1 aromatic rings. The lowest BCUT2D eigenvalue weighted by Gasteiger charge is -2.28. The smallest absolute Gasteiger partial charge is 0.0722 e. The fourth-order valence-corrected chi connectivity index (χ4v) is 6.54. The van der Waals surface area contributed by atoms with E-state index >= 15 is 0 Å². The van der Waals surface area contributed by atoms with Crippen molar-refractivity contribution in [1.82, 2.24) is 0 Å². The SMILES string of the molecule is CCCCCCc1c(CCCCCC)c(COCCCCO)c(CCCCCC)c(COCCCCO)c1CCCCCC. The minimum absolute atomic E-state index is 0.237. The Bertz CT molecular complexity index is 739. The summed E-state index contributed by atoms with van der Waals surface area (Å²) in [6.45, 7) is 12.5. The maximum absolute atomic E-state index is 9.33. The second kappa shape index (κ2) is 29.5. The van der Waals surface area contributed by atoms with E-state index in [0.29, 0.717) is 26.4 Å². The first-order valence-corrected chi connectivity index (χ1v) is 19.2. The highest BCUT2D eigenvalue weighted by Gasteiger charge is 2.23. The van der Waals surface area contributed by atoms with Crippen molar-refractivity contribution in [2.75, 3.05) is 26.4 Å². The van der Waals surface area contributed by atoms with Crippen molar-refractivity contribution in [2.45, 2.75) is 195 Å². The molecule has 0 heterocycles. The third-order valence-electron chi connectivity index (χ3n) is 9.19. The molecule has 0 bridgehead atoms. The van der Waals surface area contributed by atoms with Gasteiger partial charge >= 0.3 is 0 Å². The number of hydrogen-bond acceptors (Lipinski definition) is 4. The molecule has 0 aliphatic heterocycles. The molecule has 0 unspecified atom stereocenters. The van der Waals surface area contributed by atoms with Gasteiger partial charge in [-0.25, -0.2) is 0 Å². The predicted molar refractivity (Wildman–Crippen MR) is 190 cm³/mol. The van der Waals surface area contributed by atoms with E-state index in [1.165, 1.54) is 133 Å². The van der Waals surface area contributed by atoms with Gasteiger partial charge in [-0.3, -0.25) is 0 Å². The molecule has 258 valence electrons. The first-order chi connectivity index (χ1) is 21.7.